The molecule has 0 aliphatic heterocycles. The Morgan fingerprint density at radius 1 is 1.57 bits per heavy atom. The summed E-state index contributed by atoms with van der Waals surface area (Å²) in [5.74, 6) is -4.12. The normalized spacial score (nSPS) is 10.0. The highest BCUT2D eigenvalue weighted by Gasteiger charge is 2.20. The summed E-state index contributed by atoms with van der Waals surface area (Å²) in [6.07, 6.45) is 0. The van der Waals surface area contributed by atoms with Crippen LogP contribution in [-0.2, 0) is 4.74 Å². The van der Waals surface area contributed by atoms with Gasteiger partial charge in [0.15, 0.2) is 11.6 Å². The van der Waals surface area contributed by atoms with Crippen LogP contribution >= 0.6 is 15.9 Å². The molecule has 0 radical (unpaired) electrons. The van der Waals surface area contributed by atoms with E-state index in [0.29, 0.717) is 6.07 Å². The van der Waals surface area contributed by atoms with E-state index in [1.807, 2.05) is 0 Å². The topological polar surface area (TPSA) is 46.5 Å². The first kappa shape index (κ1) is 10.9. The molecule has 0 unspecified atom stereocenters. The standard InChI is InChI=1S/C8H5BrF2O3/c1-14-8(13)3-2-4(10)6(11)5(9)7(3)12/h2,12H,1H3. The average molecular weight is 267 g/mol. The van der Waals surface area contributed by atoms with Crippen LogP contribution in [0.5, 0.6) is 5.75 Å². The van der Waals surface area contributed by atoms with Gasteiger partial charge in [-0.05, 0) is 22.0 Å². The quantitative estimate of drug-likeness (QED) is 0.626. The minimum absolute atomic E-state index is 0.432. The highest BCUT2D eigenvalue weighted by molar-refractivity contribution is 9.10. The Labute approximate surface area is 86.4 Å². The van der Waals surface area contributed by atoms with E-state index >= 15 is 0 Å². The van der Waals surface area contributed by atoms with Crippen LogP contribution in [0.15, 0.2) is 10.5 Å². The number of phenols is 1. The summed E-state index contributed by atoms with van der Waals surface area (Å²) in [4.78, 5) is 11.0. The van der Waals surface area contributed by atoms with E-state index in [0.717, 1.165) is 7.11 Å². The third kappa shape index (κ3) is 1.70. The van der Waals surface area contributed by atoms with Gasteiger partial charge >= 0.3 is 5.97 Å². The van der Waals surface area contributed by atoms with Gasteiger partial charge in [-0.1, -0.05) is 0 Å². The van der Waals surface area contributed by atoms with E-state index in [4.69, 9.17) is 0 Å². The molecule has 3 nitrogen and oxygen atoms in total. The molecule has 1 aromatic carbocycles. The highest BCUT2D eigenvalue weighted by atomic mass is 79.9. The van der Waals surface area contributed by atoms with Gasteiger partial charge in [0, 0.05) is 0 Å². The molecule has 0 aromatic heterocycles. The van der Waals surface area contributed by atoms with Gasteiger partial charge in [0.2, 0.25) is 0 Å². The van der Waals surface area contributed by atoms with E-state index in [1.54, 1.807) is 0 Å². The lowest BCUT2D eigenvalue weighted by atomic mass is 10.2. The molecule has 1 aromatic rings. The minimum atomic E-state index is -1.25. The van der Waals surface area contributed by atoms with E-state index in [-0.39, 0.29) is 0 Å². The second-order valence-corrected chi connectivity index (χ2v) is 3.17. The lowest BCUT2D eigenvalue weighted by molar-refractivity contribution is 0.0596. The van der Waals surface area contributed by atoms with E-state index < -0.39 is 33.4 Å². The van der Waals surface area contributed by atoms with Gasteiger partial charge in [0.1, 0.15) is 11.3 Å². The molecule has 1 rings (SSSR count). The van der Waals surface area contributed by atoms with E-state index in [2.05, 4.69) is 20.7 Å². The number of carbonyl (C=O) groups is 1. The molecule has 0 aliphatic rings. The Bertz CT molecular complexity index is 393. The molecule has 0 atom stereocenters. The number of benzene rings is 1. The van der Waals surface area contributed by atoms with Crippen LogP contribution in [0.4, 0.5) is 8.78 Å². The van der Waals surface area contributed by atoms with Gasteiger partial charge in [-0.3, -0.25) is 0 Å². The lowest BCUT2D eigenvalue weighted by Crippen LogP contribution is -2.04. The van der Waals surface area contributed by atoms with Crippen molar-refractivity contribution in [2.45, 2.75) is 0 Å². The highest BCUT2D eigenvalue weighted by Crippen LogP contribution is 2.32. The molecule has 1 N–H and O–H groups in total. The maximum Gasteiger partial charge on any atom is 0.341 e. The maximum absolute atomic E-state index is 12.8. The van der Waals surface area contributed by atoms with Crippen molar-refractivity contribution in [1.29, 1.82) is 0 Å². The second kappa shape index (κ2) is 3.91. The Kier molecular flexibility index (Phi) is 3.05. The number of hydrogen-bond donors (Lipinski definition) is 1. The van der Waals surface area contributed by atoms with Crippen LogP contribution in [-0.4, -0.2) is 18.2 Å². The van der Waals surface area contributed by atoms with Crippen LogP contribution in [0.3, 0.4) is 0 Å². The molecule has 6 heteroatoms. The zero-order chi connectivity index (χ0) is 10.9. The van der Waals surface area contributed by atoms with Crippen molar-refractivity contribution in [3.63, 3.8) is 0 Å². The number of halogens is 3. The summed E-state index contributed by atoms with van der Waals surface area (Å²) in [7, 11) is 1.07. The Morgan fingerprint density at radius 3 is 2.64 bits per heavy atom. The molecular weight excluding hydrogens is 262 g/mol. The Morgan fingerprint density at radius 2 is 2.14 bits per heavy atom. The van der Waals surface area contributed by atoms with Crippen molar-refractivity contribution >= 4 is 21.9 Å². The fourth-order valence-corrected chi connectivity index (χ4v) is 1.25. The summed E-state index contributed by atoms with van der Waals surface area (Å²) in [6, 6.07) is 0.571. The fourth-order valence-electron chi connectivity index (χ4n) is 0.851. The summed E-state index contributed by atoms with van der Waals surface area (Å²) >= 11 is 2.61. The third-order valence-corrected chi connectivity index (χ3v) is 2.27. The largest absolute Gasteiger partial charge is 0.506 e. The maximum atomic E-state index is 12.8. The minimum Gasteiger partial charge on any atom is -0.506 e. The summed E-state index contributed by atoms with van der Waals surface area (Å²) in [6.45, 7) is 0. The van der Waals surface area contributed by atoms with Crippen LogP contribution < -0.4 is 0 Å². The van der Waals surface area contributed by atoms with Gasteiger partial charge in [0.25, 0.3) is 0 Å². The predicted molar refractivity (Wildman–Crippen MR) is 47.1 cm³/mol. The first-order valence-corrected chi connectivity index (χ1v) is 4.23. The number of esters is 1. The number of methoxy groups -OCH3 is 1. The number of ether oxygens (including phenoxy) is 1. The summed E-state index contributed by atoms with van der Waals surface area (Å²) in [5.41, 5.74) is -0.432. The van der Waals surface area contributed by atoms with Crippen LogP contribution in [0, 0.1) is 11.6 Å². The van der Waals surface area contributed by atoms with Gasteiger partial charge in [-0.2, -0.15) is 0 Å². The van der Waals surface area contributed by atoms with Gasteiger partial charge in [-0.15, -0.1) is 0 Å². The van der Waals surface area contributed by atoms with Crippen LogP contribution in [0.1, 0.15) is 10.4 Å². The molecule has 0 heterocycles. The van der Waals surface area contributed by atoms with Gasteiger partial charge < -0.3 is 9.84 Å². The van der Waals surface area contributed by atoms with Crippen molar-refractivity contribution in [3.8, 4) is 5.75 Å². The number of carbonyl (C=O) groups excluding carboxylic acids is 1. The third-order valence-electron chi connectivity index (χ3n) is 1.54. The number of hydrogen-bond acceptors (Lipinski definition) is 3. The first-order chi connectivity index (χ1) is 6.49. The number of phenolic OH excluding ortho intramolecular Hbond substituents is 1. The molecule has 0 amide bonds. The van der Waals surface area contributed by atoms with Gasteiger partial charge in [-0.25, -0.2) is 13.6 Å². The lowest BCUT2D eigenvalue weighted by Gasteiger charge is -2.05. The van der Waals surface area contributed by atoms with Crippen LogP contribution in [0.2, 0.25) is 0 Å². The molecule has 0 fully saturated rings. The zero-order valence-corrected chi connectivity index (χ0v) is 8.56. The Hall–Kier alpha value is -1.17. The monoisotopic (exact) mass is 266 g/mol. The molecule has 0 aliphatic carbocycles. The molecule has 0 saturated heterocycles. The van der Waals surface area contributed by atoms with Crippen molar-refractivity contribution < 1.29 is 23.4 Å². The van der Waals surface area contributed by atoms with E-state index in [1.165, 1.54) is 0 Å². The predicted octanol–water partition coefficient (Wildman–Crippen LogP) is 2.22. The second-order valence-electron chi connectivity index (χ2n) is 2.37. The molecule has 0 bridgehead atoms. The fraction of sp³-hybridized carbons (Fsp3) is 0.125. The van der Waals surface area contributed by atoms with Crippen LogP contribution in [0.25, 0.3) is 0 Å². The Balaban J connectivity index is 3.40. The average Bonchev–Trinajstić information content (AvgIpc) is 2.19. The molecule has 76 valence electrons. The van der Waals surface area contributed by atoms with Crippen molar-refractivity contribution in [2.24, 2.45) is 0 Å². The smallest absolute Gasteiger partial charge is 0.341 e. The number of aromatic hydroxyl groups is 1. The zero-order valence-electron chi connectivity index (χ0n) is 6.97. The summed E-state index contributed by atoms with van der Waals surface area (Å²) in [5, 5.41) is 9.25. The molecule has 14 heavy (non-hydrogen) atoms. The molecular formula is C8H5BrF2O3. The van der Waals surface area contributed by atoms with Crippen molar-refractivity contribution in [1.82, 2.24) is 0 Å². The number of rotatable bonds is 1. The summed E-state index contributed by atoms with van der Waals surface area (Å²) < 4.78 is 29.4. The molecule has 0 spiro atoms. The first-order valence-electron chi connectivity index (χ1n) is 3.43. The van der Waals surface area contributed by atoms with Gasteiger partial charge in [0.05, 0.1) is 11.6 Å². The van der Waals surface area contributed by atoms with Crippen molar-refractivity contribution in [3.05, 3.63) is 27.7 Å². The van der Waals surface area contributed by atoms with Crippen molar-refractivity contribution in [2.75, 3.05) is 7.11 Å². The molecule has 0 saturated carbocycles. The SMILES string of the molecule is COC(=O)c1cc(F)c(F)c(Br)c1O. The van der Waals surface area contributed by atoms with E-state index in [9.17, 15) is 18.7 Å².